The zero-order valence-corrected chi connectivity index (χ0v) is 9.41. The lowest BCUT2D eigenvalue weighted by Gasteiger charge is -2.17. The van der Waals surface area contributed by atoms with Crippen LogP contribution in [0.1, 0.15) is 11.3 Å². The maximum Gasteiger partial charge on any atom is 0.163 e. The molecular weight excluding hydrogens is 214 g/mol. The van der Waals surface area contributed by atoms with Crippen molar-refractivity contribution in [2.45, 2.75) is 6.54 Å². The normalized spacial score (nSPS) is 9.65. The Hall–Kier alpha value is -2.48. The first-order valence-corrected chi connectivity index (χ1v) is 5.13. The highest BCUT2D eigenvalue weighted by molar-refractivity contribution is 5.38. The topological polar surface area (TPSA) is 65.7 Å². The van der Waals surface area contributed by atoms with Crippen LogP contribution in [0.25, 0.3) is 0 Å². The zero-order chi connectivity index (χ0) is 12.1. The van der Waals surface area contributed by atoms with Crippen LogP contribution in [0, 0.1) is 11.3 Å². The first kappa shape index (κ1) is 11.0. The standard InChI is InChI=1S/C12H11N5/c1-17(9-10-4-6-14-7-5-10)12-3-2-11(8-13)15-16-12/h2-7H,9H2,1H3. The molecular formula is C12H11N5. The second kappa shape index (κ2) is 5.03. The second-order valence-corrected chi connectivity index (χ2v) is 3.60. The van der Waals surface area contributed by atoms with Gasteiger partial charge in [-0.15, -0.1) is 10.2 Å². The molecule has 0 spiro atoms. The summed E-state index contributed by atoms with van der Waals surface area (Å²) in [5, 5.41) is 16.4. The van der Waals surface area contributed by atoms with Gasteiger partial charge in [-0.2, -0.15) is 5.26 Å². The lowest BCUT2D eigenvalue weighted by atomic mass is 10.2. The monoisotopic (exact) mass is 225 g/mol. The molecule has 0 aromatic carbocycles. The van der Waals surface area contributed by atoms with E-state index >= 15 is 0 Å². The zero-order valence-electron chi connectivity index (χ0n) is 9.41. The van der Waals surface area contributed by atoms with Gasteiger partial charge < -0.3 is 4.90 Å². The van der Waals surface area contributed by atoms with Crippen LogP contribution in [-0.4, -0.2) is 22.2 Å². The van der Waals surface area contributed by atoms with E-state index < -0.39 is 0 Å². The van der Waals surface area contributed by atoms with Gasteiger partial charge in [-0.3, -0.25) is 4.98 Å². The van der Waals surface area contributed by atoms with Gasteiger partial charge in [0, 0.05) is 26.0 Å². The molecule has 0 fully saturated rings. The van der Waals surface area contributed by atoms with Crippen molar-refractivity contribution in [1.82, 2.24) is 15.2 Å². The molecule has 0 aliphatic heterocycles. The van der Waals surface area contributed by atoms with Crippen LogP contribution in [0.5, 0.6) is 0 Å². The van der Waals surface area contributed by atoms with Crippen molar-refractivity contribution in [3.8, 4) is 6.07 Å². The predicted molar refractivity (Wildman–Crippen MR) is 63.1 cm³/mol. The molecule has 5 nitrogen and oxygen atoms in total. The van der Waals surface area contributed by atoms with Crippen LogP contribution in [-0.2, 0) is 6.54 Å². The van der Waals surface area contributed by atoms with E-state index in [0.29, 0.717) is 5.69 Å². The average Bonchev–Trinajstić information content (AvgIpc) is 2.40. The largest absolute Gasteiger partial charge is 0.354 e. The lowest BCUT2D eigenvalue weighted by molar-refractivity contribution is 0.861. The fourth-order valence-corrected chi connectivity index (χ4v) is 1.43. The molecule has 0 saturated carbocycles. The van der Waals surface area contributed by atoms with Crippen LogP contribution in [0.2, 0.25) is 0 Å². The molecule has 0 radical (unpaired) electrons. The summed E-state index contributed by atoms with van der Waals surface area (Å²) in [6.45, 7) is 0.725. The predicted octanol–water partition coefficient (Wildman–Crippen LogP) is 1.38. The summed E-state index contributed by atoms with van der Waals surface area (Å²) in [5.41, 5.74) is 1.47. The van der Waals surface area contributed by atoms with Gasteiger partial charge in [-0.1, -0.05) is 0 Å². The number of pyridine rings is 1. The van der Waals surface area contributed by atoms with Crippen molar-refractivity contribution in [3.05, 3.63) is 47.9 Å². The van der Waals surface area contributed by atoms with E-state index in [9.17, 15) is 0 Å². The molecule has 2 rings (SSSR count). The number of anilines is 1. The molecule has 0 N–H and O–H groups in total. The molecule has 2 aromatic rings. The lowest BCUT2D eigenvalue weighted by Crippen LogP contribution is -2.18. The number of aromatic nitrogens is 3. The molecule has 0 aliphatic rings. The minimum absolute atomic E-state index is 0.325. The molecule has 0 bridgehead atoms. The van der Waals surface area contributed by atoms with Gasteiger partial charge in [-0.25, -0.2) is 0 Å². The SMILES string of the molecule is CN(Cc1ccncc1)c1ccc(C#N)nn1. The van der Waals surface area contributed by atoms with Crippen molar-refractivity contribution < 1.29 is 0 Å². The van der Waals surface area contributed by atoms with E-state index in [0.717, 1.165) is 17.9 Å². The molecule has 0 aliphatic carbocycles. The molecule has 2 aromatic heterocycles. The Labute approximate surface area is 99.4 Å². The molecule has 5 heteroatoms. The average molecular weight is 225 g/mol. The van der Waals surface area contributed by atoms with Crippen molar-refractivity contribution in [2.24, 2.45) is 0 Å². The first-order valence-electron chi connectivity index (χ1n) is 5.13. The van der Waals surface area contributed by atoms with Crippen LogP contribution in [0.3, 0.4) is 0 Å². The van der Waals surface area contributed by atoms with E-state index in [1.807, 2.05) is 30.1 Å². The molecule has 17 heavy (non-hydrogen) atoms. The summed E-state index contributed by atoms with van der Waals surface area (Å²) in [6.07, 6.45) is 3.52. The Kier molecular flexibility index (Phi) is 3.26. The highest BCUT2D eigenvalue weighted by atomic mass is 15.2. The summed E-state index contributed by atoms with van der Waals surface area (Å²) >= 11 is 0. The van der Waals surface area contributed by atoms with Crippen molar-refractivity contribution >= 4 is 5.82 Å². The van der Waals surface area contributed by atoms with E-state index in [4.69, 9.17) is 5.26 Å². The summed E-state index contributed by atoms with van der Waals surface area (Å²) < 4.78 is 0. The summed E-state index contributed by atoms with van der Waals surface area (Å²) in [7, 11) is 1.93. The third kappa shape index (κ3) is 2.75. The summed E-state index contributed by atoms with van der Waals surface area (Å²) in [5.74, 6) is 0.737. The van der Waals surface area contributed by atoms with E-state index in [2.05, 4.69) is 15.2 Å². The first-order chi connectivity index (χ1) is 8.29. The Bertz CT molecular complexity index is 515. The van der Waals surface area contributed by atoms with Crippen LogP contribution in [0.4, 0.5) is 5.82 Å². The van der Waals surface area contributed by atoms with Gasteiger partial charge in [-0.05, 0) is 29.8 Å². The smallest absolute Gasteiger partial charge is 0.163 e. The number of hydrogen-bond acceptors (Lipinski definition) is 5. The van der Waals surface area contributed by atoms with E-state index in [-0.39, 0.29) is 0 Å². The molecule has 0 saturated heterocycles. The van der Waals surface area contributed by atoms with Crippen molar-refractivity contribution in [2.75, 3.05) is 11.9 Å². The molecule has 84 valence electrons. The van der Waals surface area contributed by atoms with Crippen LogP contribution >= 0.6 is 0 Å². The Balaban J connectivity index is 2.10. The van der Waals surface area contributed by atoms with Gasteiger partial charge >= 0.3 is 0 Å². The Morgan fingerprint density at radius 1 is 1.18 bits per heavy atom. The van der Waals surface area contributed by atoms with Gasteiger partial charge in [0.25, 0.3) is 0 Å². The number of nitriles is 1. The number of rotatable bonds is 3. The maximum absolute atomic E-state index is 8.63. The highest BCUT2D eigenvalue weighted by Crippen LogP contribution is 2.10. The second-order valence-electron chi connectivity index (χ2n) is 3.60. The van der Waals surface area contributed by atoms with Gasteiger partial charge in [0.2, 0.25) is 0 Å². The van der Waals surface area contributed by atoms with Gasteiger partial charge in [0.05, 0.1) is 0 Å². The quantitative estimate of drug-likeness (QED) is 0.789. The number of hydrogen-bond donors (Lipinski definition) is 0. The fraction of sp³-hybridized carbons (Fsp3) is 0.167. The maximum atomic E-state index is 8.63. The van der Waals surface area contributed by atoms with E-state index in [1.54, 1.807) is 24.5 Å². The Morgan fingerprint density at radius 2 is 1.94 bits per heavy atom. The van der Waals surface area contributed by atoms with Crippen molar-refractivity contribution in [1.29, 1.82) is 5.26 Å². The summed E-state index contributed by atoms with van der Waals surface area (Å²) in [4.78, 5) is 5.93. The van der Waals surface area contributed by atoms with Crippen LogP contribution in [0.15, 0.2) is 36.7 Å². The molecule has 0 unspecified atom stereocenters. The fourth-order valence-electron chi connectivity index (χ4n) is 1.43. The van der Waals surface area contributed by atoms with E-state index in [1.165, 1.54) is 0 Å². The summed E-state index contributed by atoms with van der Waals surface area (Å²) in [6, 6.07) is 9.29. The Morgan fingerprint density at radius 3 is 2.53 bits per heavy atom. The third-order valence-corrected chi connectivity index (χ3v) is 2.33. The highest BCUT2D eigenvalue weighted by Gasteiger charge is 2.04. The minimum atomic E-state index is 0.325. The minimum Gasteiger partial charge on any atom is -0.354 e. The number of nitrogens with zero attached hydrogens (tertiary/aromatic N) is 5. The van der Waals surface area contributed by atoms with Gasteiger partial charge in [0.15, 0.2) is 11.5 Å². The van der Waals surface area contributed by atoms with Gasteiger partial charge in [0.1, 0.15) is 6.07 Å². The molecule has 0 atom stereocenters. The molecule has 2 heterocycles. The van der Waals surface area contributed by atoms with Crippen LogP contribution < -0.4 is 4.90 Å². The molecule has 0 amide bonds. The van der Waals surface area contributed by atoms with Crippen molar-refractivity contribution in [3.63, 3.8) is 0 Å². The third-order valence-electron chi connectivity index (χ3n) is 2.33.